The number of ether oxygens (including phenoxy) is 1. The zero-order valence-electron chi connectivity index (χ0n) is 9.96. The van der Waals surface area contributed by atoms with Gasteiger partial charge in [-0.2, -0.15) is 5.10 Å². The molecule has 0 atom stereocenters. The van der Waals surface area contributed by atoms with E-state index in [1.54, 1.807) is 48.3 Å². The van der Waals surface area contributed by atoms with Crippen LogP contribution in [0.1, 0.15) is 0 Å². The molecule has 1 aromatic carbocycles. The number of aromatic nitrogens is 2. The Balaban J connectivity index is 1.83. The van der Waals surface area contributed by atoms with E-state index in [9.17, 15) is 4.79 Å². The molecule has 1 aromatic heterocycles. The molecule has 0 saturated heterocycles. The number of amides is 1. The zero-order valence-corrected chi connectivity index (χ0v) is 9.96. The van der Waals surface area contributed by atoms with Gasteiger partial charge in [0.2, 0.25) is 0 Å². The lowest BCUT2D eigenvalue weighted by Gasteiger charge is -2.05. The fraction of sp³-hybridized carbons (Fsp3) is 0.167. The summed E-state index contributed by atoms with van der Waals surface area (Å²) in [5, 5.41) is 6.65. The molecule has 1 amide bonds. The van der Waals surface area contributed by atoms with E-state index in [0.29, 0.717) is 17.3 Å². The van der Waals surface area contributed by atoms with Crippen LogP contribution in [0.15, 0.2) is 36.5 Å². The maximum absolute atomic E-state index is 11.6. The molecule has 0 fully saturated rings. The Morgan fingerprint density at radius 3 is 2.72 bits per heavy atom. The Morgan fingerprint density at radius 2 is 2.11 bits per heavy atom. The molecule has 0 aliphatic rings. The fourth-order valence-electron chi connectivity index (χ4n) is 1.37. The smallest absolute Gasteiger partial charge is 0.263 e. The summed E-state index contributed by atoms with van der Waals surface area (Å²) in [5.41, 5.74) is 6.19. The molecule has 2 rings (SSSR count). The van der Waals surface area contributed by atoms with Crippen LogP contribution in [0.4, 0.5) is 11.5 Å². The van der Waals surface area contributed by atoms with Crippen LogP contribution in [0.25, 0.3) is 0 Å². The number of hydrogen-bond acceptors (Lipinski definition) is 4. The number of aryl methyl sites for hydroxylation is 1. The molecule has 6 heteroatoms. The first-order valence-electron chi connectivity index (χ1n) is 5.41. The second-order valence-electron chi connectivity index (χ2n) is 3.78. The van der Waals surface area contributed by atoms with Crippen LogP contribution in [0.2, 0.25) is 0 Å². The van der Waals surface area contributed by atoms with Crippen LogP contribution >= 0.6 is 0 Å². The van der Waals surface area contributed by atoms with E-state index in [-0.39, 0.29) is 12.5 Å². The number of nitrogens with one attached hydrogen (secondary N) is 1. The number of nitrogens with zero attached hydrogens (tertiary/aromatic N) is 2. The van der Waals surface area contributed by atoms with Crippen molar-refractivity contribution >= 4 is 17.4 Å². The van der Waals surface area contributed by atoms with E-state index in [4.69, 9.17) is 10.5 Å². The van der Waals surface area contributed by atoms with Gasteiger partial charge in [-0.3, -0.25) is 9.48 Å². The summed E-state index contributed by atoms with van der Waals surface area (Å²) < 4.78 is 6.91. The highest BCUT2D eigenvalue weighted by molar-refractivity contribution is 5.90. The third kappa shape index (κ3) is 3.24. The first-order valence-corrected chi connectivity index (χ1v) is 5.41. The highest BCUT2D eigenvalue weighted by Gasteiger charge is 2.05. The van der Waals surface area contributed by atoms with Crippen molar-refractivity contribution in [1.29, 1.82) is 0 Å². The van der Waals surface area contributed by atoms with Gasteiger partial charge in [0.15, 0.2) is 12.4 Å². The molecule has 0 radical (unpaired) electrons. The van der Waals surface area contributed by atoms with Crippen molar-refractivity contribution in [2.75, 3.05) is 17.7 Å². The standard InChI is InChI=1S/C12H14N4O2/c1-16-7-6-11(15-16)14-12(17)8-18-10-4-2-9(13)3-5-10/h2-7H,8,13H2,1H3,(H,14,15,17). The van der Waals surface area contributed by atoms with Gasteiger partial charge in [-0.1, -0.05) is 0 Å². The molecule has 0 saturated carbocycles. The summed E-state index contributed by atoms with van der Waals surface area (Å²) >= 11 is 0. The van der Waals surface area contributed by atoms with E-state index in [1.807, 2.05) is 0 Å². The van der Waals surface area contributed by atoms with Gasteiger partial charge >= 0.3 is 0 Å². The Morgan fingerprint density at radius 1 is 1.39 bits per heavy atom. The monoisotopic (exact) mass is 246 g/mol. The van der Waals surface area contributed by atoms with E-state index in [2.05, 4.69) is 10.4 Å². The summed E-state index contributed by atoms with van der Waals surface area (Å²) in [6, 6.07) is 8.56. The van der Waals surface area contributed by atoms with Crippen LogP contribution in [0, 0.1) is 0 Å². The molecular weight excluding hydrogens is 232 g/mol. The topological polar surface area (TPSA) is 82.2 Å². The maximum atomic E-state index is 11.6. The molecule has 0 aliphatic heterocycles. The number of anilines is 2. The molecule has 0 unspecified atom stereocenters. The maximum Gasteiger partial charge on any atom is 0.263 e. The average Bonchev–Trinajstić information content (AvgIpc) is 2.74. The first kappa shape index (κ1) is 12.0. The van der Waals surface area contributed by atoms with E-state index < -0.39 is 0 Å². The molecule has 0 aliphatic carbocycles. The number of nitrogen functional groups attached to an aromatic ring is 1. The summed E-state index contributed by atoms with van der Waals surface area (Å²) in [6.07, 6.45) is 1.75. The number of carbonyl (C=O) groups excluding carboxylic acids is 1. The average molecular weight is 246 g/mol. The molecular formula is C12H14N4O2. The number of benzene rings is 1. The van der Waals surface area contributed by atoms with Crippen LogP contribution in [-0.2, 0) is 11.8 Å². The summed E-state index contributed by atoms with van der Waals surface area (Å²) in [7, 11) is 1.78. The SMILES string of the molecule is Cn1ccc(NC(=O)COc2ccc(N)cc2)n1. The normalized spacial score (nSPS) is 10.1. The van der Waals surface area contributed by atoms with Crippen molar-refractivity contribution in [3.05, 3.63) is 36.5 Å². The molecule has 94 valence electrons. The second kappa shape index (κ2) is 5.22. The molecule has 6 nitrogen and oxygen atoms in total. The lowest BCUT2D eigenvalue weighted by molar-refractivity contribution is -0.118. The predicted octanol–water partition coefficient (Wildman–Crippen LogP) is 1.02. The number of rotatable bonds is 4. The van der Waals surface area contributed by atoms with Crippen molar-refractivity contribution in [2.45, 2.75) is 0 Å². The lowest BCUT2D eigenvalue weighted by atomic mass is 10.3. The highest BCUT2D eigenvalue weighted by atomic mass is 16.5. The van der Waals surface area contributed by atoms with Gasteiger partial charge in [-0.15, -0.1) is 0 Å². The Labute approximate surface area is 104 Å². The van der Waals surface area contributed by atoms with Gasteiger partial charge in [-0.05, 0) is 24.3 Å². The van der Waals surface area contributed by atoms with Crippen molar-refractivity contribution in [1.82, 2.24) is 9.78 Å². The molecule has 3 N–H and O–H groups in total. The third-order valence-corrected chi connectivity index (χ3v) is 2.23. The number of nitrogens with two attached hydrogens (primary N) is 1. The van der Waals surface area contributed by atoms with E-state index in [1.165, 1.54) is 0 Å². The van der Waals surface area contributed by atoms with Crippen LogP contribution < -0.4 is 15.8 Å². The van der Waals surface area contributed by atoms with Gasteiger partial charge in [-0.25, -0.2) is 0 Å². The molecule has 18 heavy (non-hydrogen) atoms. The minimum Gasteiger partial charge on any atom is -0.484 e. The van der Waals surface area contributed by atoms with Crippen molar-refractivity contribution in [3.8, 4) is 5.75 Å². The van der Waals surface area contributed by atoms with Crippen molar-refractivity contribution in [2.24, 2.45) is 7.05 Å². The molecule has 0 spiro atoms. The lowest BCUT2D eigenvalue weighted by Crippen LogP contribution is -2.20. The number of hydrogen-bond donors (Lipinski definition) is 2. The summed E-state index contributed by atoms with van der Waals surface area (Å²) in [4.78, 5) is 11.6. The zero-order chi connectivity index (χ0) is 13.0. The second-order valence-corrected chi connectivity index (χ2v) is 3.78. The fourth-order valence-corrected chi connectivity index (χ4v) is 1.37. The third-order valence-electron chi connectivity index (χ3n) is 2.23. The Kier molecular flexibility index (Phi) is 3.47. The minimum absolute atomic E-state index is 0.0690. The largest absolute Gasteiger partial charge is 0.484 e. The van der Waals surface area contributed by atoms with Crippen LogP contribution in [0.5, 0.6) is 5.75 Å². The highest BCUT2D eigenvalue weighted by Crippen LogP contribution is 2.12. The van der Waals surface area contributed by atoms with E-state index >= 15 is 0 Å². The predicted molar refractivity (Wildman–Crippen MR) is 68.2 cm³/mol. The Bertz CT molecular complexity index is 533. The minimum atomic E-state index is -0.259. The van der Waals surface area contributed by atoms with Crippen LogP contribution in [-0.4, -0.2) is 22.3 Å². The van der Waals surface area contributed by atoms with E-state index in [0.717, 1.165) is 0 Å². The quantitative estimate of drug-likeness (QED) is 0.789. The van der Waals surface area contributed by atoms with Gasteiger partial charge in [0.05, 0.1) is 0 Å². The molecule has 0 bridgehead atoms. The number of carbonyl (C=O) groups is 1. The van der Waals surface area contributed by atoms with Crippen molar-refractivity contribution in [3.63, 3.8) is 0 Å². The first-order chi connectivity index (χ1) is 8.63. The summed E-state index contributed by atoms with van der Waals surface area (Å²) in [5.74, 6) is 0.842. The summed E-state index contributed by atoms with van der Waals surface area (Å²) in [6.45, 7) is -0.0690. The van der Waals surface area contributed by atoms with Gasteiger partial charge in [0, 0.05) is 25.0 Å². The van der Waals surface area contributed by atoms with Gasteiger partial charge in [0.25, 0.3) is 5.91 Å². The van der Waals surface area contributed by atoms with Crippen LogP contribution in [0.3, 0.4) is 0 Å². The Hall–Kier alpha value is -2.50. The van der Waals surface area contributed by atoms with Gasteiger partial charge < -0.3 is 15.8 Å². The van der Waals surface area contributed by atoms with Crippen molar-refractivity contribution < 1.29 is 9.53 Å². The molecule has 2 aromatic rings. The molecule has 1 heterocycles. The van der Waals surface area contributed by atoms with Gasteiger partial charge in [0.1, 0.15) is 5.75 Å².